The van der Waals surface area contributed by atoms with Crippen molar-refractivity contribution in [2.75, 3.05) is 31.6 Å². The molecule has 0 aliphatic rings. The van der Waals surface area contributed by atoms with E-state index < -0.39 is 28.5 Å². The number of anilines is 1. The van der Waals surface area contributed by atoms with Crippen LogP contribution in [0, 0.1) is 6.92 Å². The zero-order valence-electron chi connectivity index (χ0n) is 24.3. The number of aryl methyl sites for hydroxylation is 1. The van der Waals surface area contributed by atoms with Gasteiger partial charge in [-0.25, -0.2) is 8.42 Å². The molecule has 1 N–H and O–H groups in total. The molecule has 0 aromatic heterocycles. The van der Waals surface area contributed by atoms with Crippen molar-refractivity contribution in [2.24, 2.45) is 0 Å². The van der Waals surface area contributed by atoms with Gasteiger partial charge < -0.3 is 19.7 Å². The Kier molecular flexibility index (Phi) is 11.2. The molecule has 0 saturated carbocycles. The molecule has 41 heavy (non-hydrogen) atoms. The maximum Gasteiger partial charge on any atom is 0.264 e. The standard InChI is InChI=1S/C31H39N3O6S/c1-6-19-32-31(36)29(7-2)33(21-24-9-8-10-27(20-24)40-5)30(35)22-34(25-13-15-26(39-4)16-14-25)41(37,38)28-17-11-23(3)12-18-28/h8-18,20,29H,6-7,19,21-22H2,1-5H3,(H,32,36)/t29-/m1/s1. The Hall–Kier alpha value is -4.05. The summed E-state index contributed by atoms with van der Waals surface area (Å²) in [6.45, 7) is 5.69. The monoisotopic (exact) mass is 581 g/mol. The molecular weight excluding hydrogens is 542 g/mol. The highest BCUT2D eigenvalue weighted by atomic mass is 32.2. The van der Waals surface area contributed by atoms with Crippen LogP contribution in [0.4, 0.5) is 5.69 Å². The van der Waals surface area contributed by atoms with E-state index in [1.165, 1.54) is 24.1 Å². The number of hydrogen-bond donors (Lipinski definition) is 1. The van der Waals surface area contributed by atoms with E-state index >= 15 is 0 Å². The second-order valence-corrected chi connectivity index (χ2v) is 11.5. The number of methoxy groups -OCH3 is 2. The number of amides is 2. The van der Waals surface area contributed by atoms with Crippen LogP contribution in [0.1, 0.15) is 37.8 Å². The van der Waals surface area contributed by atoms with Gasteiger partial charge in [0, 0.05) is 13.1 Å². The van der Waals surface area contributed by atoms with Crippen molar-refractivity contribution in [3.05, 3.63) is 83.9 Å². The maximum absolute atomic E-state index is 14.1. The van der Waals surface area contributed by atoms with Gasteiger partial charge in [0.25, 0.3) is 10.0 Å². The Balaban J connectivity index is 2.06. The number of carbonyl (C=O) groups is 2. The van der Waals surface area contributed by atoms with Crippen molar-refractivity contribution in [1.82, 2.24) is 10.2 Å². The van der Waals surface area contributed by atoms with Gasteiger partial charge in [-0.3, -0.25) is 13.9 Å². The molecule has 0 bridgehead atoms. The van der Waals surface area contributed by atoms with Gasteiger partial charge in [0.1, 0.15) is 24.1 Å². The molecule has 0 aliphatic heterocycles. The number of benzene rings is 3. The summed E-state index contributed by atoms with van der Waals surface area (Å²) in [5, 5.41) is 2.88. The van der Waals surface area contributed by atoms with Crippen molar-refractivity contribution in [3.8, 4) is 11.5 Å². The summed E-state index contributed by atoms with van der Waals surface area (Å²) >= 11 is 0. The number of rotatable bonds is 14. The molecule has 3 aromatic carbocycles. The molecular formula is C31H39N3O6S. The average Bonchev–Trinajstić information content (AvgIpc) is 2.98. The lowest BCUT2D eigenvalue weighted by Gasteiger charge is -2.33. The lowest BCUT2D eigenvalue weighted by molar-refractivity contribution is -0.140. The fourth-order valence-corrected chi connectivity index (χ4v) is 5.78. The molecule has 1 atom stereocenters. The first kappa shape index (κ1) is 31.5. The number of hydrogen-bond acceptors (Lipinski definition) is 6. The zero-order chi connectivity index (χ0) is 30.0. The van der Waals surface area contributed by atoms with Crippen LogP contribution in [0.15, 0.2) is 77.7 Å². The predicted molar refractivity (Wildman–Crippen MR) is 160 cm³/mol. The van der Waals surface area contributed by atoms with Gasteiger partial charge >= 0.3 is 0 Å². The first-order valence-electron chi connectivity index (χ1n) is 13.6. The SMILES string of the molecule is CCCNC(=O)[C@@H](CC)N(Cc1cccc(OC)c1)C(=O)CN(c1ccc(OC)cc1)S(=O)(=O)c1ccc(C)cc1. The Labute approximate surface area is 243 Å². The van der Waals surface area contributed by atoms with E-state index in [1.54, 1.807) is 61.7 Å². The molecule has 0 unspecified atom stereocenters. The second-order valence-electron chi connectivity index (χ2n) is 9.61. The molecule has 9 nitrogen and oxygen atoms in total. The van der Waals surface area contributed by atoms with Gasteiger partial charge in [-0.15, -0.1) is 0 Å². The Morgan fingerprint density at radius 3 is 2.15 bits per heavy atom. The summed E-state index contributed by atoms with van der Waals surface area (Å²) in [6.07, 6.45) is 1.09. The molecule has 0 radical (unpaired) electrons. The van der Waals surface area contributed by atoms with Gasteiger partial charge in [0.2, 0.25) is 11.8 Å². The van der Waals surface area contributed by atoms with E-state index in [0.717, 1.165) is 21.9 Å². The molecule has 0 spiro atoms. The predicted octanol–water partition coefficient (Wildman–Crippen LogP) is 4.54. The third-order valence-corrected chi connectivity index (χ3v) is 8.46. The highest BCUT2D eigenvalue weighted by Crippen LogP contribution is 2.27. The van der Waals surface area contributed by atoms with Crippen LogP contribution in [-0.4, -0.2) is 58.5 Å². The first-order chi connectivity index (χ1) is 19.6. The van der Waals surface area contributed by atoms with Crippen LogP contribution in [0.25, 0.3) is 0 Å². The summed E-state index contributed by atoms with van der Waals surface area (Å²) in [4.78, 5) is 28.8. The molecule has 3 aromatic rings. The van der Waals surface area contributed by atoms with Crippen LogP contribution in [0.3, 0.4) is 0 Å². The minimum atomic E-state index is -4.14. The average molecular weight is 582 g/mol. The topological polar surface area (TPSA) is 105 Å². The van der Waals surface area contributed by atoms with Crippen molar-refractivity contribution >= 4 is 27.5 Å². The molecule has 0 saturated heterocycles. The van der Waals surface area contributed by atoms with Crippen LogP contribution >= 0.6 is 0 Å². The molecule has 0 fully saturated rings. The number of nitrogens with zero attached hydrogens (tertiary/aromatic N) is 2. The molecule has 3 rings (SSSR count). The highest BCUT2D eigenvalue weighted by Gasteiger charge is 2.33. The third-order valence-electron chi connectivity index (χ3n) is 6.67. The molecule has 0 aliphatic carbocycles. The lowest BCUT2D eigenvalue weighted by atomic mass is 10.1. The molecule has 220 valence electrons. The summed E-state index contributed by atoms with van der Waals surface area (Å²) in [6, 6.07) is 19.3. The number of ether oxygens (including phenoxy) is 2. The van der Waals surface area contributed by atoms with Crippen molar-refractivity contribution in [2.45, 2.75) is 51.1 Å². The van der Waals surface area contributed by atoms with Crippen molar-refractivity contribution in [3.63, 3.8) is 0 Å². The summed E-state index contributed by atoms with van der Waals surface area (Å²) in [5.74, 6) is 0.354. The van der Waals surface area contributed by atoms with E-state index in [4.69, 9.17) is 9.47 Å². The number of sulfonamides is 1. The van der Waals surface area contributed by atoms with Gasteiger partial charge in [-0.2, -0.15) is 0 Å². The number of nitrogens with one attached hydrogen (secondary N) is 1. The zero-order valence-corrected chi connectivity index (χ0v) is 25.1. The second kappa shape index (κ2) is 14.5. The van der Waals surface area contributed by atoms with E-state index in [0.29, 0.717) is 30.2 Å². The summed E-state index contributed by atoms with van der Waals surface area (Å²) in [5.41, 5.74) is 1.95. The summed E-state index contributed by atoms with van der Waals surface area (Å²) < 4.78 is 39.6. The van der Waals surface area contributed by atoms with Crippen molar-refractivity contribution in [1.29, 1.82) is 0 Å². The van der Waals surface area contributed by atoms with Crippen LogP contribution in [-0.2, 0) is 26.2 Å². The Bertz CT molecular complexity index is 1410. The lowest BCUT2D eigenvalue weighted by Crippen LogP contribution is -2.52. The molecule has 2 amide bonds. The quantitative estimate of drug-likeness (QED) is 0.300. The number of carbonyl (C=O) groups excluding carboxylic acids is 2. The van der Waals surface area contributed by atoms with Gasteiger partial charge in [-0.05, 0) is 73.9 Å². The van der Waals surface area contributed by atoms with Gasteiger partial charge in [0.05, 0.1) is 24.8 Å². The van der Waals surface area contributed by atoms with Crippen LogP contribution in [0.5, 0.6) is 11.5 Å². The Morgan fingerprint density at radius 1 is 0.902 bits per heavy atom. The largest absolute Gasteiger partial charge is 0.497 e. The highest BCUT2D eigenvalue weighted by molar-refractivity contribution is 7.92. The Morgan fingerprint density at radius 2 is 1.56 bits per heavy atom. The van der Waals surface area contributed by atoms with E-state index in [2.05, 4.69) is 5.32 Å². The van der Waals surface area contributed by atoms with Crippen LogP contribution in [0.2, 0.25) is 0 Å². The van der Waals surface area contributed by atoms with E-state index in [1.807, 2.05) is 26.8 Å². The fourth-order valence-electron chi connectivity index (χ4n) is 4.37. The molecule has 10 heteroatoms. The third kappa shape index (κ3) is 8.00. The maximum atomic E-state index is 14.1. The minimum absolute atomic E-state index is 0.0544. The van der Waals surface area contributed by atoms with Crippen LogP contribution < -0.4 is 19.1 Å². The summed E-state index contributed by atoms with van der Waals surface area (Å²) in [7, 11) is -1.07. The van der Waals surface area contributed by atoms with Gasteiger partial charge in [0.15, 0.2) is 0 Å². The minimum Gasteiger partial charge on any atom is -0.497 e. The van der Waals surface area contributed by atoms with E-state index in [9.17, 15) is 18.0 Å². The smallest absolute Gasteiger partial charge is 0.264 e. The normalized spacial score (nSPS) is 11.8. The van der Waals surface area contributed by atoms with Gasteiger partial charge in [-0.1, -0.05) is 43.7 Å². The fraction of sp³-hybridized carbons (Fsp3) is 0.355. The van der Waals surface area contributed by atoms with E-state index in [-0.39, 0.29) is 17.3 Å². The van der Waals surface area contributed by atoms with Crippen molar-refractivity contribution < 1.29 is 27.5 Å². The molecule has 0 heterocycles. The first-order valence-corrected chi connectivity index (χ1v) is 15.0.